The fourth-order valence-corrected chi connectivity index (χ4v) is 1.45. The molecule has 6 heteroatoms. The zero-order chi connectivity index (χ0) is 12.4. The maximum atomic E-state index is 11.9. The van der Waals surface area contributed by atoms with Crippen molar-refractivity contribution in [3.05, 3.63) is 35.5 Å². The maximum absolute atomic E-state index is 11.9. The molecule has 6 nitrogen and oxygen atoms in total. The van der Waals surface area contributed by atoms with Gasteiger partial charge in [0, 0.05) is 23.1 Å². The number of rotatable bonds is 2. The average Bonchev–Trinajstić information content (AvgIpc) is 2.63. The molecule has 0 radical (unpaired) electrons. The Morgan fingerprint density at radius 2 is 2.12 bits per heavy atom. The molecular weight excluding hydrogens is 218 g/mol. The summed E-state index contributed by atoms with van der Waals surface area (Å²) in [6.45, 7) is 1.85. The van der Waals surface area contributed by atoms with Gasteiger partial charge in [-0.15, -0.1) is 0 Å². The summed E-state index contributed by atoms with van der Waals surface area (Å²) in [7, 11) is 0. The number of nitrogen functional groups attached to an aromatic ring is 2. The molecule has 0 atom stereocenters. The van der Waals surface area contributed by atoms with Crippen molar-refractivity contribution in [1.82, 2.24) is 10.2 Å². The van der Waals surface area contributed by atoms with Crippen LogP contribution in [-0.2, 0) is 0 Å². The summed E-state index contributed by atoms with van der Waals surface area (Å²) in [4.78, 5) is 11.9. The van der Waals surface area contributed by atoms with Crippen molar-refractivity contribution in [2.45, 2.75) is 6.92 Å². The van der Waals surface area contributed by atoms with Crippen LogP contribution in [0.1, 0.15) is 16.1 Å². The number of amides is 1. The zero-order valence-electron chi connectivity index (χ0n) is 9.32. The second-order valence-electron chi connectivity index (χ2n) is 3.74. The Hall–Kier alpha value is -2.50. The number of carbonyl (C=O) groups is 1. The first kappa shape index (κ1) is 11.0. The Labute approximate surface area is 98.0 Å². The lowest BCUT2D eigenvalue weighted by molar-refractivity contribution is 0.102. The second kappa shape index (κ2) is 4.17. The van der Waals surface area contributed by atoms with Crippen LogP contribution in [0.4, 0.5) is 17.2 Å². The van der Waals surface area contributed by atoms with Crippen molar-refractivity contribution in [2.24, 2.45) is 0 Å². The summed E-state index contributed by atoms with van der Waals surface area (Å²) in [5.74, 6) is 0.151. The molecule has 0 saturated carbocycles. The van der Waals surface area contributed by atoms with Crippen LogP contribution >= 0.6 is 0 Å². The molecule has 1 aromatic carbocycles. The number of nitrogens with one attached hydrogen (secondary N) is 2. The molecule has 1 heterocycles. The van der Waals surface area contributed by atoms with Crippen molar-refractivity contribution in [2.75, 3.05) is 16.8 Å². The van der Waals surface area contributed by atoms with E-state index >= 15 is 0 Å². The van der Waals surface area contributed by atoms with Crippen LogP contribution in [0, 0.1) is 6.92 Å². The van der Waals surface area contributed by atoms with Gasteiger partial charge in [-0.3, -0.25) is 9.89 Å². The van der Waals surface area contributed by atoms with Gasteiger partial charge in [0.05, 0.1) is 5.56 Å². The SMILES string of the molecule is Cc1cc(NC(=O)c2ccc(N)cc2N)n[nH]1. The Morgan fingerprint density at radius 1 is 1.35 bits per heavy atom. The predicted octanol–water partition coefficient (Wildman–Crippen LogP) is 1.13. The molecule has 0 aliphatic rings. The van der Waals surface area contributed by atoms with Crippen molar-refractivity contribution >= 4 is 23.1 Å². The van der Waals surface area contributed by atoms with Crippen LogP contribution in [-0.4, -0.2) is 16.1 Å². The van der Waals surface area contributed by atoms with E-state index in [1.54, 1.807) is 24.3 Å². The van der Waals surface area contributed by atoms with Crippen LogP contribution in [0.2, 0.25) is 0 Å². The number of carbonyl (C=O) groups excluding carboxylic acids is 1. The van der Waals surface area contributed by atoms with Gasteiger partial charge in [0.2, 0.25) is 0 Å². The van der Waals surface area contributed by atoms with Crippen LogP contribution in [0.15, 0.2) is 24.3 Å². The fourth-order valence-electron chi connectivity index (χ4n) is 1.45. The van der Waals surface area contributed by atoms with Crippen molar-refractivity contribution < 1.29 is 4.79 Å². The van der Waals surface area contributed by atoms with Gasteiger partial charge in [0.15, 0.2) is 5.82 Å². The summed E-state index contributed by atoms with van der Waals surface area (Å²) in [6.07, 6.45) is 0. The number of aromatic amines is 1. The van der Waals surface area contributed by atoms with Gasteiger partial charge in [0.1, 0.15) is 0 Å². The van der Waals surface area contributed by atoms with Gasteiger partial charge >= 0.3 is 0 Å². The first-order chi connectivity index (χ1) is 8.06. The van der Waals surface area contributed by atoms with Crippen molar-refractivity contribution in [1.29, 1.82) is 0 Å². The smallest absolute Gasteiger partial charge is 0.258 e. The second-order valence-corrected chi connectivity index (χ2v) is 3.74. The predicted molar refractivity (Wildman–Crippen MR) is 66.5 cm³/mol. The van der Waals surface area contributed by atoms with E-state index in [-0.39, 0.29) is 5.91 Å². The lowest BCUT2D eigenvalue weighted by atomic mass is 10.1. The number of benzene rings is 1. The number of nitrogens with two attached hydrogens (primary N) is 2. The molecule has 0 bridgehead atoms. The molecule has 0 saturated heterocycles. The molecule has 6 N–H and O–H groups in total. The third-order valence-electron chi connectivity index (χ3n) is 2.27. The summed E-state index contributed by atoms with van der Waals surface area (Å²) >= 11 is 0. The van der Waals surface area contributed by atoms with Gasteiger partial charge in [-0.2, -0.15) is 5.10 Å². The maximum Gasteiger partial charge on any atom is 0.258 e. The quantitative estimate of drug-likeness (QED) is 0.581. The van der Waals surface area contributed by atoms with E-state index in [0.29, 0.717) is 22.8 Å². The van der Waals surface area contributed by atoms with Crippen LogP contribution < -0.4 is 16.8 Å². The number of aromatic nitrogens is 2. The molecule has 2 rings (SSSR count). The molecule has 17 heavy (non-hydrogen) atoms. The third-order valence-corrected chi connectivity index (χ3v) is 2.27. The average molecular weight is 231 g/mol. The van der Waals surface area contributed by atoms with E-state index in [1.165, 1.54) is 0 Å². The minimum Gasteiger partial charge on any atom is -0.399 e. The first-order valence-corrected chi connectivity index (χ1v) is 5.04. The Balaban J connectivity index is 2.20. The lowest BCUT2D eigenvalue weighted by Gasteiger charge is -2.05. The number of H-pyrrole nitrogens is 1. The van der Waals surface area contributed by atoms with Crippen molar-refractivity contribution in [3.8, 4) is 0 Å². The topological polar surface area (TPSA) is 110 Å². The molecule has 0 fully saturated rings. The number of hydrogen-bond acceptors (Lipinski definition) is 4. The molecule has 0 aliphatic heterocycles. The monoisotopic (exact) mass is 231 g/mol. The highest BCUT2D eigenvalue weighted by atomic mass is 16.1. The normalized spacial score (nSPS) is 10.2. The summed E-state index contributed by atoms with van der Waals surface area (Å²) < 4.78 is 0. The molecule has 0 unspecified atom stereocenters. The Morgan fingerprint density at radius 3 is 2.71 bits per heavy atom. The summed E-state index contributed by atoms with van der Waals surface area (Å²) in [5.41, 5.74) is 13.4. The van der Waals surface area contributed by atoms with E-state index < -0.39 is 0 Å². The first-order valence-electron chi connectivity index (χ1n) is 5.04. The number of anilines is 3. The fraction of sp³-hybridized carbons (Fsp3) is 0.0909. The molecule has 1 amide bonds. The summed E-state index contributed by atoms with van der Waals surface area (Å²) in [6, 6.07) is 6.48. The number of nitrogens with zero attached hydrogens (tertiary/aromatic N) is 1. The zero-order valence-corrected chi connectivity index (χ0v) is 9.32. The molecule has 2 aromatic rings. The number of hydrogen-bond donors (Lipinski definition) is 4. The van der Waals surface area contributed by atoms with Gasteiger partial charge in [-0.1, -0.05) is 0 Å². The van der Waals surface area contributed by atoms with E-state index in [1.807, 2.05) is 6.92 Å². The minimum absolute atomic E-state index is 0.311. The molecule has 88 valence electrons. The van der Waals surface area contributed by atoms with E-state index in [2.05, 4.69) is 15.5 Å². The van der Waals surface area contributed by atoms with Crippen LogP contribution in [0.5, 0.6) is 0 Å². The van der Waals surface area contributed by atoms with E-state index in [0.717, 1.165) is 5.69 Å². The van der Waals surface area contributed by atoms with Gasteiger partial charge in [0.25, 0.3) is 5.91 Å². The van der Waals surface area contributed by atoms with E-state index in [9.17, 15) is 4.79 Å². The largest absolute Gasteiger partial charge is 0.399 e. The number of aryl methyl sites for hydroxylation is 1. The Bertz CT molecular complexity index is 561. The van der Waals surface area contributed by atoms with Gasteiger partial charge in [-0.25, -0.2) is 0 Å². The molecular formula is C11H13N5O. The van der Waals surface area contributed by atoms with Crippen LogP contribution in [0.3, 0.4) is 0 Å². The van der Waals surface area contributed by atoms with Crippen molar-refractivity contribution in [3.63, 3.8) is 0 Å². The molecule has 1 aromatic heterocycles. The van der Waals surface area contributed by atoms with E-state index in [4.69, 9.17) is 11.5 Å². The molecule has 0 aliphatic carbocycles. The Kier molecular flexibility index (Phi) is 2.70. The van der Waals surface area contributed by atoms with Gasteiger partial charge in [-0.05, 0) is 25.1 Å². The standard InChI is InChI=1S/C11H13N5O/c1-6-4-10(16-15-6)14-11(17)8-3-2-7(12)5-9(8)13/h2-5H,12-13H2,1H3,(H2,14,15,16,17). The highest BCUT2D eigenvalue weighted by molar-refractivity contribution is 6.07. The summed E-state index contributed by atoms with van der Waals surface area (Å²) in [5, 5.41) is 9.28. The highest BCUT2D eigenvalue weighted by Crippen LogP contribution is 2.17. The third kappa shape index (κ3) is 2.36. The van der Waals surface area contributed by atoms with Crippen LogP contribution in [0.25, 0.3) is 0 Å². The van der Waals surface area contributed by atoms with Gasteiger partial charge < -0.3 is 16.8 Å². The lowest BCUT2D eigenvalue weighted by Crippen LogP contribution is -2.14. The minimum atomic E-state index is -0.311. The molecule has 0 spiro atoms. The highest BCUT2D eigenvalue weighted by Gasteiger charge is 2.11.